The summed E-state index contributed by atoms with van der Waals surface area (Å²) in [6.45, 7) is 10.6. The Morgan fingerprint density at radius 1 is 1.11 bits per heavy atom. The van der Waals surface area contributed by atoms with Crippen LogP contribution in [0.25, 0.3) is 0 Å². The number of amides is 2. The van der Waals surface area contributed by atoms with E-state index in [1.165, 1.54) is 23.8 Å². The topological polar surface area (TPSA) is 84.5 Å². The Labute approximate surface area is 169 Å². The van der Waals surface area contributed by atoms with Gasteiger partial charge in [0, 0.05) is 11.8 Å². The van der Waals surface area contributed by atoms with Gasteiger partial charge in [-0.05, 0) is 56.9 Å². The van der Waals surface area contributed by atoms with Crippen molar-refractivity contribution in [1.29, 1.82) is 0 Å². The lowest BCUT2D eigenvalue weighted by molar-refractivity contribution is -0.124. The maximum atomic E-state index is 12.5. The standard InChI is InChI=1S/C21H26N2O4S/c1-11-7-8-17(9-12(11)2)14(4)22-18(25)10-27-21(26)19-13(3)15(5)28-20(19)23-16(6)24/h7-9,14H,10H2,1-6H3,(H,22,25)(H,23,24)/t14-/m1/s1. The van der Waals surface area contributed by atoms with E-state index in [1.54, 1.807) is 6.92 Å². The fourth-order valence-corrected chi connectivity index (χ4v) is 3.82. The molecule has 28 heavy (non-hydrogen) atoms. The van der Waals surface area contributed by atoms with Crippen LogP contribution < -0.4 is 10.6 Å². The smallest absolute Gasteiger partial charge is 0.341 e. The molecule has 7 heteroatoms. The van der Waals surface area contributed by atoms with E-state index < -0.39 is 5.97 Å². The van der Waals surface area contributed by atoms with Crippen molar-refractivity contribution < 1.29 is 19.1 Å². The van der Waals surface area contributed by atoms with E-state index in [2.05, 4.69) is 10.6 Å². The Kier molecular flexibility index (Phi) is 6.96. The highest BCUT2D eigenvalue weighted by Crippen LogP contribution is 2.33. The van der Waals surface area contributed by atoms with Crippen LogP contribution in [0.15, 0.2) is 18.2 Å². The molecule has 0 aliphatic carbocycles. The first-order valence-electron chi connectivity index (χ1n) is 9.01. The minimum absolute atomic E-state index is 0.203. The summed E-state index contributed by atoms with van der Waals surface area (Å²) in [7, 11) is 0. The van der Waals surface area contributed by atoms with E-state index in [-0.39, 0.29) is 24.5 Å². The van der Waals surface area contributed by atoms with Crippen LogP contribution in [0.2, 0.25) is 0 Å². The lowest BCUT2D eigenvalue weighted by Gasteiger charge is -2.16. The summed E-state index contributed by atoms with van der Waals surface area (Å²) >= 11 is 1.31. The lowest BCUT2D eigenvalue weighted by Crippen LogP contribution is -2.31. The van der Waals surface area contributed by atoms with Crippen LogP contribution in [0, 0.1) is 27.7 Å². The highest BCUT2D eigenvalue weighted by Gasteiger charge is 2.22. The van der Waals surface area contributed by atoms with Crippen molar-refractivity contribution >= 4 is 34.1 Å². The molecule has 1 heterocycles. The number of ether oxygens (including phenoxy) is 1. The normalized spacial score (nSPS) is 11.6. The minimum Gasteiger partial charge on any atom is -0.452 e. The third-order valence-corrected chi connectivity index (χ3v) is 5.74. The Morgan fingerprint density at radius 2 is 1.79 bits per heavy atom. The largest absolute Gasteiger partial charge is 0.452 e. The number of hydrogen-bond acceptors (Lipinski definition) is 5. The zero-order chi connectivity index (χ0) is 21.0. The molecule has 2 rings (SSSR count). The van der Waals surface area contributed by atoms with Crippen molar-refractivity contribution in [3.8, 4) is 0 Å². The van der Waals surface area contributed by atoms with Gasteiger partial charge in [-0.3, -0.25) is 9.59 Å². The molecule has 0 spiro atoms. The Bertz CT molecular complexity index is 917. The fourth-order valence-electron chi connectivity index (χ4n) is 2.72. The van der Waals surface area contributed by atoms with Gasteiger partial charge in [-0.15, -0.1) is 11.3 Å². The molecule has 2 aromatic rings. The molecule has 1 aromatic carbocycles. The summed E-state index contributed by atoms with van der Waals surface area (Å²) in [5, 5.41) is 5.92. The van der Waals surface area contributed by atoms with Crippen molar-refractivity contribution in [2.45, 2.75) is 47.6 Å². The number of anilines is 1. The van der Waals surface area contributed by atoms with Gasteiger partial charge in [0.15, 0.2) is 6.61 Å². The number of nitrogens with one attached hydrogen (secondary N) is 2. The molecule has 2 amide bonds. The first kappa shape index (κ1) is 21.6. The van der Waals surface area contributed by atoms with Crippen LogP contribution in [0.5, 0.6) is 0 Å². The molecular weight excluding hydrogens is 376 g/mol. The average molecular weight is 403 g/mol. The van der Waals surface area contributed by atoms with Crippen LogP contribution >= 0.6 is 11.3 Å². The number of esters is 1. The van der Waals surface area contributed by atoms with Gasteiger partial charge in [-0.1, -0.05) is 18.2 Å². The summed E-state index contributed by atoms with van der Waals surface area (Å²) in [4.78, 5) is 36.9. The highest BCUT2D eigenvalue weighted by atomic mass is 32.1. The van der Waals surface area contributed by atoms with Gasteiger partial charge >= 0.3 is 5.97 Å². The molecule has 0 unspecified atom stereocenters. The minimum atomic E-state index is -0.625. The average Bonchev–Trinajstić information content (AvgIpc) is 2.88. The quantitative estimate of drug-likeness (QED) is 0.716. The summed E-state index contributed by atoms with van der Waals surface area (Å²) < 4.78 is 5.19. The van der Waals surface area contributed by atoms with Gasteiger partial charge in [0.2, 0.25) is 5.91 Å². The maximum Gasteiger partial charge on any atom is 0.341 e. The number of hydrogen-bond donors (Lipinski definition) is 2. The first-order valence-corrected chi connectivity index (χ1v) is 9.83. The summed E-state index contributed by atoms with van der Waals surface area (Å²) in [6.07, 6.45) is 0. The van der Waals surface area contributed by atoms with E-state index in [4.69, 9.17) is 4.74 Å². The van der Waals surface area contributed by atoms with Crippen LogP contribution in [0.3, 0.4) is 0 Å². The summed E-state index contributed by atoms with van der Waals surface area (Å²) in [5.74, 6) is -1.28. The number of carbonyl (C=O) groups excluding carboxylic acids is 3. The number of rotatable bonds is 6. The molecule has 0 radical (unpaired) electrons. The van der Waals surface area contributed by atoms with Crippen molar-refractivity contribution in [1.82, 2.24) is 5.32 Å². The second-order valence-electron chi connectivity index (χ2n) is 6.88. The van der Waals surface area contributed by atoms with Gasteiger partial charge in [0.05, 0.1) is 11.6 Å². The Morgan fingerprint density at radius 3 is 2.39 bits per heavy atom. The predicted molar refractivity (Wildman–Crippen MR) is 111 cm³/mol. The van der Waals surface area contributed by atoms with Gasteiger partial charge in [0.1, 0.15) is 5.00 Å². The molecule has 0 aliphatic heterocycles. The number of carbonyl (C=O) groups is 3. The fraction of sp³-hybridized carbons (Fsp3) is 0.381. The second-order valence-corrected chi connectivity index (χ2v) is 8.10. The van der Waals surface area contributed by atoms with E-state index in [9.17, 15) is 14.4 Å². The molecule has 2 N–H and O–H groups in total. The SMILES string of the molecule is CC(=O)Nc1sc(C)c(C)c1C(=O)OCC(=O)N[C@H](C)c1ccc(C)c(C)c1. The molecule has 0 bridgehead atoms. The van der Waals surface area contributed by atoms with Crippen molar-refractivity contribution in [3.63, 3.8) is 0 Å². The summed E-state index contributed by atoms with van der Waals surface area (Å²) in [6, 6.07) is 5.81. The molecule has 0 saturated heterocycles. The molecule has 0 fully saturated rings. The number of aryl methyl sites for hydroxylation is 3. The van der Waals surface area contributed by atoms with Crippen LogP contribution in [0.1, 0.15) is 57.4 Å². The van der Waals surface area contributed by atoms with E-state index >= 15 is 0 Å². The number of thiophene rings is 1. The first-order chi connectivity index (χ1) is 13.1. The zero-order valence-corrected chi connectivity index (χ0v) is 17.9. The molecule has 0 saturated carbocycles. The monoisotopic (exact) mass is 402 g/mol. The zero-order valence-electron chi connectivity index (χ0n) is 17.1. The molecule has 1 atom stereocenters. The van der Waals surface area contributed by atoms with Gasteiger partial charge < -0.3 is 15.4 Å². The molecule has 150 valence electrons. The Hall–Kier alpha value is -2.67. The molecular formula is C21H26N2O4S. The van der Waals surface area contributed by atoms with E-state index in [0.717, 1.165) is 21.6 Å². The Balaban J connectivity index is 2.00. The van der Waals surface area contributed by atoms with Gasteiger partial charge in [-0.25, -0.2) is 4.79 Å². The number of benzene rings is 1. The van der Waals surface area contributed by atoms with Gasteiger partial charge in [0.25, 0.3) is 5.91 Å². The third-order valence-electron chi connectivity index (χ3n) is 4.62. The van der Waals surface area contributed by atoms with E-state index in [1.807, 2.05) is 45.9 Å². The third kappa shape index (κ3) is 5.19. The molecule has 1 aromatic heterocycles. The lowest BCUT2D eigenvalue weighted by atomic mass is 10.0. The van der Waals surface area contributed by atoms with Crippen LogP contribution in [-0.2, 0) is 14.3 Å². The van der Waals surface area contributed by atoms with Crippen LogP contribution in [0.4, 0.5) is 5.00 Å². The van der Waals surface area contributed by atoms with Crippen molar-refractivity contribution in [2.24, 2.45) is 0 Å². The van der Waals surface area contributed by atoms with Gasteiger partial charge in [-0.2, -0.15) is 0 Å². The maximum absolute atomic E-state index is 12.5. The van der Waals surface area contributed by atoms with Crippen LogP contribution in [-0.4, -0.2) is 24.4 Å². The van der Waals surface area contributed by atoms with Crippen molar-refractivity contribution in [2.75, 3.05) is 11.9 Å². The van der Waals surface area contributed by atoms with Crippen molar-refractivity contribution in [3.05, 3.63) is 50.9 Å². The summed E-state index contributed by atoms with van der Waals surface area (Å²) in [5.41, 5.74) is 4.36. The van der Waals surface area contributed by atoms with E-state index in [0.29, 0.717) is 10.6 Å². The predicted octanol–water partition coefficient (Wildman–Crippen LogP) is 3.97. The molecule has 0 aliphatic rings. The second kappa shape index (κ2) is 9.01. The molecule has 6 nitrogen and oxygen atoms in total. The highest BCUT2D eigenvalue weighted by molar-refractivity contribution is 7.16.